The Labute approximate surface area is 176 Å². The second-order valence-corrected chi connectivity index (χ2v) is 9.03. The summed E-state index contributed by atoms with van der Waals surface area (Å²) in [4.78, 5) is 4.84. The second kappa shape index (κ2) is 7.84. The van der Waals surface area contributed by atoms with Crippen LogP contribution in [0.5, 0.6) is 5.75 Å². The maximum Gasteiger partial charge on any atom is 0.232 e. The minimum atomic E-state index is -3.37. The van der Waals surface area contributed by atoms with Gasteiger partial charge in [-0.2, -0.15) is 0 Å². The predicted octanol–water partition coefficient (Wildman–Crippen LogP) is 5.21. The van der Waals surface area contributed by atoms with E-state index in [2.05, 4.69) is 10.0 Å². The van der Waals surface area contributed by atoms with Gasteiger partial charge in [-0.25, -0.2) is 13.4 Å². The zero-order valence-electron chi connectivity index (χ0n) is 17.1. The average molecular weight is 422 g/mol. The molecule has 4 rings (SSSR count). The van der Waals surface area contributed by atoms with Gasteiger partial charge in [0.05, 0.1) is 41.0 Å². The molecule has 0 bridgehead atoms. The number of pyridine rings is 1. The van der Waals surface area contributed by atoms with Crippen molar-refractivity contribution in [1.29, 1.82) is 0 Å². The van der Waals surface area contributed by atoms with Crippen LogP contribution >= 0.6 is 0 Å². The summed E-state index contributed by atoms with van der Waals surface area (Å²) in [5, 5.41) is 5.50. The first-order valence-electron chi connectivity index (χ1n) is 9.65. The molecule has 0 aliphatic carbocycles. The van der Waals surface area contributed by atoms with Crippen molar-refractivity contribution in [2.75, 3.05) is 22.9 Å². The molecule has 6 nitrogen and oxygen atoms in total. The first-order valence-corrected chi connectivity index (χ1v) is 11.3. The molecule has 2 N–H and O–H groups in total. The minimum Gasteiger partial charge on any atom is -0.494 e. The number of nitrogens with zero attached hydrogens (tertiary/aromatic N) is 1. The molecule has 0 spiro atoms. The standard InChI is InChI=1S/C23H23N3O3S/c1-4-30(27,28)26-16-12-13-20(21(14-16)29-3)25-23-17-9-5-6-11-19(17)24-22-15(2)8-7-10-18(22)23/h5-14,26H,4H2,1-3H3,(H,24,25). The van der Waals surface area contributed by atoms with Crippen molar-refractivity contribution in [2.24, 2.45) is 0 Å². The van der Waals surface area contributed by atoms with Crippen molar-refractivity contribution < 1.29 is 13.2 Å². The maximum atomic E-state index is 11.9. The van der Waals surface area contributed by atoms with E-state index in [1.54, 1.807) is 26.2 Å². The molecule has 0 atom stereocenters. The molecule has 0 saturated heterocycles. The quantitative estimate of drug-likeness (QED) is 0.418. The van der Waals surface area contributed by atoms with Gasteiger partial charge >= 0.3 is 0 Å². The van der Waals surface area contributed by atoms with Gasteiger partial charge in [0.15, 0.2) is 0 Å². The third-order valence-electron chi connectivity index (χ3n) is 5.03. The van der Waals surface area contributed by atoms with E-state index in [1.807, 2.05) is 55.5 Å². The van der Waals surface area contributed by atoms with Crippen LogP contribution in [0.1, 0.15) is 12.5 Å². The van der Waals surface area contributed by atoms with E-state index in [1.165, 1.54) is 0 Å². The van der Waals surface area contributed by atoms with Gasteiger partial charge in [-0.3, -0.25) is 4.72 Å². The van der Waals surface area contributed by atoms with Crippen LogP contribution < -0.4 is 14.8 Å². The highest BCUT2D eigenvalue weighted by atomic mass is 32.2. The van der Waals surface area contributed by atoms with Gasteiger partial charge in [0, 0.05) is 16.8 Å². The Morgan fingerprint density at radius 1 is 1.00 bits per heavy atom. The summed E-state index contributed by atoms with van der Waals surface area (Å²) in [5.74, 6) is 0.539. The number of hydrogen-bond donors (Lipinski definition) is 2. The largest absolute Gasteiger partial charge is 0.494 e. The van der Waals surface area contributed by atoms with Gasteiger partial charge in [-0.05, 0) is 37.6 Å². The normalized spacial score (nSPS) is 11.6. The van der Waals surface area contributed by atoms with Crippen LogP contribution in [0.15, 0.2) is 60.7 Å². The third kappa shape index (κ3) is 3.76. The molecule has 0 amide bonds. The topological polar surface area (TPSA) is 80.3 Å². The van der Waals surface area contributed by atoms with E-state index in [0.717, 1.165) is 38.7 Å². The number of rotatable bonds is 6. The molecule has 0 aliphatic heterocycles. The lowest BCUT2D eigenvalue weighted by Gasteiger charge is -2.17. The molecular weight excluding hydrogens is 398 g/mol. The van der Waals surface area contributed by atoms with Gasteiger partial charge in [-0.1, -0.05) is 36.4 Å². The Kier molecular flexibility index (Phi) is 5.22. The Hall–Kier alpha value is -3.32. The van der Waals surface area contributed by atoms with Crippen LogP contribution in [-0.4, -0.2) is 26.3 Å². The lowest BCUT2D eigenvalue weighted by Crippen LogP contribution is -2.14. The van der Waals surface area contributed by atoms with E-state index in [9.17, 15) is 8.42 Å². The van der Waals surface area contributed by atoms with E-state index >= 15 is 0 Å². The second-order valence-electron chi connectivity index (χ2n) is 7.02. The van der Waals surface area contributed by atoms with Gasteiger partial charge in [-0.15, -0.1) is 0 Å². The molecule has 1 aromatic heterocycles. The number of anilines is 3. The van der Waals surface area contributed by atoms with Gasteiger partial charge in [0.1, 0.15) is 5.75 Å². The Bertz CT molecular complexity index is 1350. The van der Waals surface area contributed by atoms with E-state index in [0.29, 0.717) is 11.4 Å². The molecule has 4 aromatic rings. The monoisotopic (exact) mass is 421 g/mol. The fourth-order valence-corrected chi connectivity index (χ4v) is 4.07. The van der Waals surface area contributed by atoms with E-state index in [4.69, 9.17) is 9.72 Å². The molecule has 3 aromatic carbocycles. The number of aromatic nitrogens is 1. The summed E-state index contributed by atoms with van der Waals surface area (Å²) in [7, 11) is -1.80. The van der Waals surface area contributed by atoms with Crippen LogP contribution in [0.25, 0.3) is 21.8 Å². The van der Waals surface area contributed by atoms with E-state index in [-0.39, 0.29) is 5.75 Å². The molecule has 1 heterocycles. The van der Waals surface area contributed by atoms with Crippen LogP contribution in [0.4, 0.5) is 17.1 Å². The fraction of sp³-hybridized carbons (Fsp3) is 0.174. The minimum absolute atomic E-state index is 0.00363. The SMILES string of the molecule is CCS(=O)(=O)Nc1ccc(Nc2c3ccccc3nc3c(C)cccc23)c(OC)c1. The first-order chi connectivity index (χ1) is 14.4. The van der Waals surface area contributed by atoms with Gasteiger partial charge < -0.3 is 10.1 Å². The Morgan fingerprint density at radius 3 is 2.53 bits per heavy atom. The number of aryl methyl sites for hydroxylation is 1. The van der Waals surface area contributed by atoms with Crippen LogP contribution in [0, 0.1) is 6.92 Å². The molecule has 7 heteroatoms. The van der Waals surface area contributed by atoms with Crippen molar-refractivity contribution >= 4 is 48.9 Å². The van der Waals surface area contributed by atoms with Crippen molar-refractivity contribution in [1.82, 2.24) is 4.98 Å². The molecule has 0 unspecified atom stereocenters. The van der Waals surface area contributed by atoms with Crippen molar-refractivity contribution in [2.45, 2.75) is 13.8 Å². The Morgan fingerprint density at radius 2 is 1.77 bits per heavy atom. The summed E-state index contributed by atoms with van der Waals surface area (Å²) >= 11 is 0. The number of ether oxygens (including phenoxy) is 1. The zero-order valence-corrected chi connectivity index (χ0v) is 17.9. The van der Waals surface area contributed by atoms with Gasteiger partial charge in [0.2, 0.25) is 10.0 Å². The number of sulfonamides is 1. The Balaban J connectivity index is 1.85. The predicted molar refractivity (Wildman–Crippen MR) is 123 cm³/mol. The molecule has 0 radical (unpaired) electrons. The van der Waals surface area contributed by atoms with Crippen molar-refractivity contribution in [3.05, 3.63) is 66.2 Å². The molecule has 0 saturated carbocycles. The number of methoxy groups -OCH3 is 1. The van der Waals surface area contributed by atoms with Crippen LogP contribution in [0.3, 0.4) is 0 Å². The number of para-hydroxylation sites is 2. The highest BCUT2D eigenvalue weighted by Crippen LogP contribution is 2.37. The van der Waals surface area contributed by atoms with Crippen LogP contribution in [0.2, 0.25) is 0 Å². The average Bonchev–Trinajstić information content (AvgIpc) is 2.75. The van der Waals surface area contributed by atoms with Crippen molar-refractivity contribution in [3.8, 4) is 5.75 Å². The lowest BCUT2D eigenvalue weighted by atomic mass is 10.0. The fourth-order valence-electron chi connectivity index (χ4n) is 3.44. The first kappa shape index (κ1) is 20.0. The maximum absolute atomic E-state index is 11.9. The molecule has 0 fully saturated rings. The van der Waals surface area contributed by atoms with Gasteiger partial charge in [0.25, 0.3) is 0 Å². The summed E-state index contributed by atoms with van der Waals surface area (Å²) in [6.07, 6.45) is 0. The highest BCUT2D eigenvalue weighted by molar-refractivity contribution is 7.92. The molecule has 0 aliphatic rings. The summed E-state index contributed by atoms with van der Waals surface area (Å²) in [6.45, 7) is 3.64. The number of fused-ring (bicyclic) bond motifs is 2. The molecule has 154 valence electrons. The van der Waals surface area contributed by atoms with Crippen molar-refractivity contribution in [3.63, 3.8) is 0 Å². The molecule has 30 heavy (non-hydrogen) atoms. The molecular formula is C23H23N3O3S. The third-order valence-corrected chi connectivity index (χ3v) is 6.33. The highest BCUT2D eigenvalue weighted by Gasteiger charge is 2.14. The number of nitrogens with one attached hydrogen (secondary N) is 2. The lowest BCUT2D eigenvalue weighted by molar-refractivity contribution is 0.417. The summed E-state index contributed by atoms with van der Waals surface area (Å²) < 4.78 is 31.9. The smallest absolute Gasteiger partial charge is 0.232 e. The number of benzene rings is 3. The summed E-state index contributed by atoms with van der Waals surface area (Å²) in [6, 6.07) is 19.3. The number of hydrogen-bond acceptors (Lipinski definition) is 5. The van der Waals surface area contributed by atoms with E-state index < -0.39 is 10.0 Å². The van der Waals surface area contributed by atoms with Crippen LogP contribution in [-0.2, 0) is 10.0 Å². The summed E-state index contributed by atoms with van der Waals surface area (Å²) in [5.41, 5.74) is 5.05. The zero-order chi connectivity index (χ0) is 21.3.